The number of carbonyl (C=O) groups excluding carboxylic acids is 1. The maximum absolute atomic E-state index is 13.9. The zero-order chi connectivity index (χ0) is 29.2. The topological polar surface area (TPSA) is 131 Å². The van der Waals surface area contributed by atoms with E-state index < -0.39 is 39.7 Å². The van der Waals surface area contributed by atoms with E-state index >= 15 is 0 Å². The minimum Gasteiger partial charge on any atom is -0.442 e. The van der Waals surface area contributed by atoms with Crippen LogP contribution in [0.5, 0.6) is 0 Å². The Morgan fingerprint density at radius 3 is 2.52 bits per heavy atom. The number of alkyl halides is 3. The van der Waals surface area contributed by atoms with Crippen LogP contribution in [-0.4, -0.2) is 70.8 Å². The fourth-order valence-electron chi connectivity index (χ4n) is 4.22. The molecule has 1 aromatic carbocycles. The lowest BCUT2D eigenvalue weighted by Crippen LogP contribution is -2.42. The van der Waals surface area contributed by atoms with Crippen molar-refractivity contribution in [3.63, 3.8) is 0 Å². The molecule has 216 valence electrons. The van der Waals surface area contributed by atoms with E-state index in [9.17, 15) is 26.4 Å². The minimum absolute atomic E-state index is 0.0251. The molecule has 1 aliphatic rings. The third-order valence-corrected chi connectivity index (χ3v) is 7.99. The second-order valence-electron chi connectivity index (χ2n) is 9.21. The van der Waals surface area contributed by atoms with Gasteiger partial charge in [-0.3, -0.25) is 0 Å². The molecule has 3 aromatic rings. The number of aromatic nitrogens is 4. The Morgan fingerprint density at radius 2 is 1.93 bits per heavy atom. The van der Waals surface area contributed by atoms with Crippen molar-refractivity contribution in [1.82, 2.24) is 29.1 Å². The number of halogens is 4. The lowest BCUT2D eigenvalue weighted by molar-refractivity contribution is -0.137. The van der Waals surface area contributed by atoms with Gasteiger partial charge in [-0.25, -0.2) is 32.5 Å². The first-order valence-electron chi connectivity index (χ1n) is 12.1. The average molecular weight is 602 g/mol. The van der Waals surface area contributed by atoms with Gasteiger partial charge in [-0.2, -0.15) is 13.2 Å². The van der Waals surface area contributed by atoms with E-state index in [1.807, 2.05) is 0 Å². The number of benzene rings is 1. The summed E-state index contributed by atoms with van der Waals surface area (Å²) in [6, 6.07) is 4.69. The van der Waals surface area contributed by atoms with Crippen molar-refractivity contribution in [2.45, 2.75) is 38.1 Å². The van der Waals surface area contributed by atoms with E-state index in [1.165, 1.54) is 28.4 Å². The van der Waals surface area contributed by atoms with Crippen molar-refractivity contribution in [3.05, 3.63) is 53.1 Å². The highest BCUT2D eigenvalue weighted by molar-refractivity contribution is 7.88. The summed E-state index contributed by atoms with van der Waals surface area (Å²) in [7, 11) is -1.88. The Morgan fingerprint density at radius 1 is 1.23 bits per heavy atom. The van der Waals surface area contributed by atoms with Gasteiger partial charge in [0.15, 0.2) is 0 Å². The summed E-state index contributed by atoms with van der Waals surface area (Å²) in [5, 5.41) is 5.64. The Hall–Kier alpha value is -3.43. The van der Waals surface area contributed by atoms with E-state index in [0.29, 0.717) is 30.3 Å². The van der Waals surface area contributed by atoms with E-state index in [4.69, 9.17) is 16.3 Å². The molecule has 2 aromatic heterocycles. The number of nitrogens with one attached hydrogen (secondary N) is 2. The fourth-order valence-corrected chi connectivity index (χ4v) is 5.38. The zero-order valence-electron chi connectivity index (χ0n) is 21.7. The van der Waals surface area contributed by atoms with Crippen molar-refractivity contribution < 1.29 is 31.1 Å². The van der Waals surface area contributed by atoms with Crippen LogP contribution < -0.4 is 10.6 Å². The number of imidazole rings is 1. The van der Waals surface area contributed by atoms with Crippen LogP contribution in [0, 0.1) is 0 Å². The molecule has 11 nitrogen and oxygen atoms in total. The zero-order valence-corrected chi connectivity index (χ0v) is 23.3. The molecule has 0 radical (unpaired) electrons. The van der Waals surface area contributed by atoms with Gasteiger partial charge in [-0.15, -0.1) is 0 Å². The number of piperidine rings is 1. The molecule has 3 heterocycles. The number of amides is 1. The van der Waals surface area contributed by atoms with Crippen LogP contribution in [0.25, 0.3) is 17.1 Å². The summed E-state index contributed by atoms with van der Waals surface area (Å²) in [5.74, 6) is -0.0251. The molecular formula is C24H27ClF3N7O4S. The number of rotatable bonds is 7. The molecule has 16 heteroatoms. The number of alkyl carbamates (subject to hydrolysis) is 1. The molecule has 1 amide bonds. The SMILES string of the molecule is CNC(=O)OC(C)c1ccc(-n2cnc(-c3nc(NC4CCN(S(C)(=O)=O)CC4)ncc3C(F)(F)F)c2)c(Cl)c1. The number of hydrogen-bond donors (Lipinski definition) is 2. The number of carbonyl (C=O) groups is 1. The predicted molar refractivity (Wildman–Crippen MR) is 142 cm³/mol. The highest BCUT2D eigenvalue weighted by Gasteiger charge is 2.36. The summed E-state index contributed by atoms with van der Waals surface area (Å²) in [6.07, 6.45) is -0.520. The molecule has 1 unspecified atom stereocenters. The molecule has 0 saturated carbocycles. The lowest BCUT2D eigenvalue weighted by atomic mass is 10.1. The molecule has 40 heavy (non-hydrogen) atoms. The van der Waals surface area contributed by atoms with E-state index in [2.05, 4.69) is 25.6 Å². The van der Waals surface area contributed by atoms with E-state index in [0.717, 1.165) is 6.26 Å². The van der Waals surface area contributed by atoms with Gasteiger partial charge >= 0.3 is 12.3 Å². The molecule has 1 aliphatic heterocycles. The fraction of sp³-hybridized carbons (Fsp3) is 0.417. The lowest BCUT2D eigenvalue weighted by Gasteiger charge is -2.30. The van der Waals surface area contributed by atoms with Gasteiger partial charge < -0.3 is 19.9 Å². The third kappa shape index (κ3) is 6.82. The first kappa shape index (κ1) is 29.6. The third-order valence-electron chi connectivity index (χ3n) is 6.38. The molecule has 0 aliphatic carbocycles. The van der Waals surface area contributed by atoms with Gasteiger partial charge in [-0.05, 0) is 37.5 Å². The van der Waals surface area contributed by atoms with Crippen LogP contribution in [0.4, 0.5) is 23.9 Å². The normalized spacial score (nSPS) is 16.0. The van der Waals surface area contributed by atoms with Gasteiger partial charge in [0, 0.05) is 38.6 Å². The highest BCUT2D eigenvalue weighted by atomic mass is 35.5. The van der Waals surface area contributed by atoms with Crippen LogP contribution in [0.15, 0.2) is 36.9 Å². The van der Waals surface area contributed by atoms with Crippen LogP contribution in [0.2, 0.25) is 5.02 Å². The largest absolute Gasteiger partial charge is 0.442 e. The first-order chi connectivity index (χ1) is 18.8. The van der Waals surface area contributed by atoms with Crippen molar-refractivity contribution in [2.24, 2.45) is 0 Å². The average Bonchev–Trinajstić information content (AvgIpc) is 3.37. The van der Waals surface area contributed by atoms with Crippen LogP contribution in [-0.2, 0) is 20.9 Å². The number of anilines is 1. The molecule has 4 rings (SSSR count). The van der Waals surface area contributed by atoms with Crippen LogP contribution >= 0.6 is 11.6 Å². The molecule has 0 bridgehead atoms. The molecule has 1 atom stereocenters. The number of sulfonamides is 1. The number of hydrogen-bond acceptors (Lipinski definition) is 8. The number of ether oxygens (including phenoxy) is 1. The quantitative estimate of drug-likeness (QED) is 0.411. The molecule has 2 N–H and O–H groups in total. The van der Waals surface area contributed by atoms with Gasteiger partial charge in [0.2, 0.25) is 16.0 Å². The highest BCUT2D eigenvalue weighted by Crippen LogP contribution is 2.36. The van der Waals surface area contributed by atoms with Gasteiger partial charge in [0.25, 0.3) is 0 Å². The summed E-state index contributed by atoms with van der Waals surface area (Å²) in [5.41, 5.74) is -0.476. The minimum atomic E-state index is -4.74. The molecule has 1 fully saturated rings. The van der Waals surface area contributed by atoms with E-state index in [-0.39, 0.29) is 35.8 Å². The standard InChI is InChI=1S/C24H27ClF3N7O4S/c1-14(39-23(36)29-2)15-4-5-20(18(25)10-15)34-12-19(31-13-34)21-17(24(26,27)28)11-30-22(33-21)32-16-6-8-35(9-7-16)40(3,37)38/h4-5,10-14,16H,6-9H2,1-3H3,(H,29,36)(H,30,32,33). The predicted octanol–water partition coefficient (Wildman–Crippen LogP) is 4.25. The second kappa shape index (κ2) is 11.6. The maximum atomic E-state index is 13.9. The Balaban J connectivity index is 1.58. The van der Waals surface area contributed by atoms with Crippen LogP contribution in [0.1, 0.15) is 37.0 Å². The Kier molecular flexibility index (Phi) is 8.56. The van der Waals surface area contributed by atoms with Crippen molar-refractivity contribution in [2.75, 3.05) is 31.7 Å². The Bertz CT molecular complexity index is 1490. The second-order valence-corrected chi connectivity index (χ2v) is 11.6. The van der Waals surface area contributed by atoms with Crippen molar-refractivity contribution >= 4 is 33.7 Å². The Labute approximate surface area is 233 Å². The molecular weight excluding hydrogens is 575 g/mol. The summed E-state index contributed by atoms with van der Waals surface area (Å²) in [4.78, 5) is 23.6. The summed E-state index contributed by atoms with van der Waals surface area (Å²) in [6.45, 7) is 2.24. The van der Waals surface area contributed by atoms with Crippen LogP contribution in [0.3, 0.4) is 0 Å². The first-order valence-corrected chi connectivity index (χ1v) is 14.4. The maximum Gasteiger partial charge on any atom is 0.420 e. The summed E-state index contributed by atoms with van der Waals surface area (Å²) < 4.78 is 73.0. The molecule has 0 spiro atoms. The van der Waals surface area contributed by atoms with Gasteiger partial charge in [-0.1, -0.05) is 17.7 Å². The summed E-state index contributed by atoms with van der Waals surface area (Å²) >= 11 is 6.45. The van der Waals surface area contributed by atoms with Crippen molar-refractivity contribution in [1.29, 1.82) is 0 Å². The number of nitrogens with zero attached hydrogens (tertiary/aromatic N) is 5. The smallest absolute Gasteiger partial charge is 0.420 e. The monoisotopic (exact) mass is 601 g/mol. The van der Waals surface area contributed by atoms with Gasteiger partial charge in [0.05, 0.1) is 17.0 Å². The van der Waals surface area contributed by atoms with Gasteiger partial charge in [0.1, 0.15) is 29.4 Å². The van der Waals surface area contributed by atoms with Crippen molar-refractivity contribution in [3.8, 4) is 17.1 Å². The molecule has 1 saturated heterocycles. The van der Waals surface area contributed by atoms with E-state index in [1.54, 1.807) is 25.1 Å².